The second-order valence-corrected chi connectivity index (χ2v) is 9.79. The molecule has 206 valence electrons. The third-order valence-corrected chi connectivity index (χ3v) is 6.61. The van der Waals surface area contributed by atoms with Crippen molar-refractivity contribution >= 4 is 47.1 Å². The van der Waals surface area contributed by atoms with Crippen LogP contribution in [0.3, 0.4) is 0 Å². The van der Waals surface area contributed by atoms with Crippen molar-refractivity contribution in [1.82, 2.24) is 35.7 Å². The number of anilines is 1. The molecule has 0 aliphatic heterocycles. The molecule has 0 saturated heterocycles. The van der Waals surface area contributed by atoms with Crippen molar-refractivity contribution in [3.05, 3.63) is 87.6 Å². The van der Waals surface area contributed by atoms with Crippen molar-refractivity contribution in [2.75, 3.05) is 24.4 Å². The molecular weight excluding hydrogens is 556 g/mol. The molecule has 1 atom stereocenters. The molecule has 0 fully saturated rings. The Morgan fingerprint density at radius 3 is 2.70 bits per heavy atom. The van der Waals surface area contributed by atoms with E-state index in [1.54, 1.807) is 66.4 Å². The Kier molecular flexibility index (Phi) is 9.65. The lowest BCUT2D eigenvalue weighted by Crippen LogP contribution is -2.29. The van der Waals surface area contributed by atoms with Crippen LogP contribution in [0.25, 0.3) is 22.9 Å². The number of aromatic amines is 1. The van der Waals surface area contributed by atoms with Crippen LogP contribution < -0.4 is 16.2 Å². The summed E-state index contributed by atoms with van der Waals surface area (Å²) in [6, 6.07) is 13.1. The number of amides is 2. The number of methoxy groups -OCH3 is 1. The standard InChI is InChI=1S/C26H25ClN8O4S/c1-39-26(38)29-19-7-3-16(4-8-19)20-14-22(31-32-25(20)37)21(11-12-40-2)30-24(36)10-5-17-13-18(27)6-9-23(17)35-15-28-33-34-35/h3-10,13-15,21H,11-12H2,1-2H3,(H,29,38)(H,30,36)(H,32,37)/t21-/m0/s1. The topological polar surface area (TPSA) is 157 Å². The summed E-state index contributed by atoms with van der Waals surface area (Å²) in [6.07, 6.45) is 6.41. The Hall–Kier alpha value is -4.49. The van der Waals surface area contributed by atoms with Crippen LogP contribution in [0.1, 0.15) is 23.7 Å². The maximum Gasteiger partial charge on any atom is 0.411 e. The molecule has 40 heavy (non-hydrogen) atoms. The van der Waals surface area contributed by atoms with Gasteiger partial charge >= 0.3 is 6.09 Å². The van der Waals surface area contributed by atoms with Crippen LogP contribution in [0.5, 0.6) is 0 Å². The number of rotatable bonds is 10. The summed E-state index contributed by atoms with van der Waals surface area (Å²) in [6.45, 7) is 0. The Labute approximate surface area is 238 Å². The van der Waals surface area contributed by atoms with Gasteiger partial charge in [0.2, 0.25) is 5.91 Å². The van der Waals surface area contributed by atoms with E-state index in [2.05, 4.69) is 41.1 Å². The molecule has 0 aliphatic rings. The molecule has 2 aromatic carbocycles. The summed E-state index contributed by atoms with van der Waals surface area (Å²) < 4.78 is 6.07. The second kappa shape index (κ2) is 13.5. The zero-order chi connectivity index (χ0) is 28.5. The fraction of sp³-hybridized carbons (Fsp3) is 0.192. The molecule has 2 heterocycles. The normalized spacial score (nSPS) is 11.8. The number of nitrogens with one attached hydrogen (secondary N) is 3. The minimum atomic E-state index is -0.597. The van der Waals surface area contributed by atoms with Crippen molar-refractivity contribution in [3.63, 3.8) is 0 Å². The molecule has 0 aliphatic carbocycles. The van der Waals surface area contributed by atoms with Crippen molar-refractivity contribution in [3.8, 4) is 16.8 Å². The third kappa shape index (κ3) is 7.33. The third-order valence-electron chi connectivity index (χ3n) is 5.73. The molecule has 4 rings (SSSR count). The van der Waals surface area contributed by atoms with Crippen LogP contribution in [0, 0.1) is 0 Å². The summed E-state index contributed by atoms with van der Waals surface area (Å²) in [4.78, 5) is 37.1. The molecule has 0 bridgehead atoms. The first-order valence-corrected chi connectivity index (χ1v) is 13.7. The van der Waals surface area contributed by atoms with Gasteiger partial charge in [0.15, 0.2) is 0 Å². The number of thioether (sulfide) groups is 1. The van der Waals surface area contributed by atoms with Crippen molar-refractivity contribution in [1.29, 1.82) is 0 Å². The molecule has 14 heteroatoms. The van der Waals surface area contributed by atoms with Crippen molar-refractivity contribution < 1.29 is 14.3 Å². The highest BCUT2D eigenvalue weighted by molar-refractivity contribution is 7.98. The smallest absolute Gasteiger partial charge is 0.411 e. The highest BCUT2D eigenvalue weighted by Crippen LogP contribution is 2.24. The van der Waals surface area contributed by atoms with E-state index in [1.165, 1.54) is 24.2 Å². The van der Waals surface area contributed by atoms with Gasteiger partial charge in [0, 0.05) is 22.3 Å². The molecule has 3 N–H and O–H groups in total. The first kappa shape index (κ1) is 28.5. The summed E-state index contributed by atoms with van der Waals surface area (Å²) >= 11 is 7.80. The molecule has 2 amide bonds. The lowest BCUT2D eigenvalue weighted by Gasteiger charge is -2.17. The molecule has 0 spiro atoms. The number of carbonyl (C=O) groups excluding carboxylic acids is 2. The van der Waals surface area contributed by atoms with E-state index in [-0.39, 0.29) is 11.5 Å². The maximum absolute atomic E-state index is 13.0. The summed E-state index contributed by atoms with van der Waals surface area (Å²) in [5, 5.41) is 24.0. The van der Waals surface area contributed by atoms with E-state index in [1.807, 2.05) is 6.26 Å². The highest BCUT2D eigenvalue weighted by Gasteiger charge is 2.18. The number of hydrogen-bond donors (Lipinski definition) is 3. The van der Waals surface area contributed by atoms with E-state index in [9.17, 15) is 14.4 Å². The second-order valence-electron chi connectivity index (χ2n) is 8.36. The van der Waals surface area contributed by atoms with E-state index in [4.69, 9.17) is 11.6 Å². The predicted octanol–water partition coefficient (Wildman–Crippen LogP) is 3.87. The number of halogens is 1. The number of carbonyl (C=O) groups is 2. The van der Waals surface area contributed by atoms with E-state index in [0.717, 1.165) is 5.75 Å². The first-order chi connectivity index (χ1) is 19.4. The highest BCUT2D eigenvalue weighted by atomic mass is 35.5. The van der Waals surface area contributed by atoms with Crippen LogP contribution >= 0.6 is 23.4 Å². The number of aromatic nitrogens is 6. The number of ether oxygens (including phenoxy) is 1. The van der Waals surface area contributed by atoms with E-state index < -0.39 is 12.1 Å². The van der Waals surface area contributed by atoms with Crippen LogP contribution in [0.2, 0.25) is 5.02 Å². The number of benzene rings is 2. The van der Waals surface area contributed by atoms with Gasteiger partial charge < -0.3 is 10.1 Å². The van der Waals surface area contributed by atoms with Gasteiger partial charge in [-0.25, -0.2) is 9.89 Å². The average Bonchev–Trinajstić information content (AvgIpc) is 3.50. The molecular formula is C26H25ClN8O4S. The largest absolute Gasteiger partial charge is 0.453 e. The fourth-order valence-corrected chi connectivity index (χ4v) is 4.42. The summed E-state index contributed by atoms with van der Waals surface area (Å²) in [5.41, 5.74) is 2.91. The average molecular weight is 581 g/mol. The molecule has 0 unspecified atom stereocenters. The predicted molar refractivity (Wildman–Crippen MR) is 153 cm³/mol. The molecule has 0 saturated carbocycles. The van der Waals surface area contributed by atoms with Crippen LogP contribution in [0.4, 0.5) is 10.5 Å². The van der Waals surface area contributed by atoms with Gasteiger partial charge in [-0.2, -0.15) is 21.5 Å². The van der Waals surface area contributed by atoms with Gasteiger partial charge in [-0.05, 0) is 76.9 Å². The van der Waals surface area contributed by atoms with E-state index >= 15 is 0 Å². The Morgan fingerprint density at radius 1 is 1.20 bits per heavy atom. The van der Waals surface area contributed by atoms with Gasteiger partial charge in [-0.3, -0.25) is 14.9 Å². The number of H-pyrrole nitrogens is 1. The number of hydrogen-bond acceptors (Lipinski definition) is 9. The zero-order valence-electron chi connectivity index (χ0n) is 21.5. The van der Waals surface area contributed by atoms with Gasteiger partial charge in [-0.15, -0.1) is 5.10 Å². The SMILES string of the molecule is COC(=O)Nc1ccc(-c2cc([C@H](CCSC)NC(=O)C=Cc3cc(Cl)ccc3-n3cnnn3)n[nH]c2=O)cc1. The first-order valence-electron chi connectivity index (χ1n) is 11.9. The molecule has 0 radical (unpaired) electrons. The minimum absolute atomic E-state index is 0.360. The molecule has 12 nitrogen and oxygen atoms in total. The van der Waals surface area contributed by atoms with Crippen molar-refractivity contribution in [2.24, 2.45) is 0 Å². The summed E-state index contributed by atoms with van der Waals surface area (Å²) in [5.74, 6) is 0.387. The number of tetrazole rings is 1. The monoisotopic (exact) mass is 580 g/mol. The van der Waals surface area contributed by atoms with Crippen LogP contribution in [-0.4, -0.2) is 61.5 Å². The quantitative estimate of drug-likeness (QED) is 0.237. The van der Waals surface area contributed by atoms with Gasteiger partial charge in [-0.1, -0.05) is 23.7 Å². The fourth-order valence-electron chi connectivity index (χ4n) is 3.77. The molecule has 4 aromatic rings. The Bertz CT molecular complexity index is 1560. The Morgan fingerprint density at radius 2 is 2.00 bits per heavy atom. The van der Waals surface area contributed by atoms with Gasteiger partial charge in [0.25, 0.3) is 5.56 Å². The zero-order valence-corrected chi connectivity index (χ0v) is 23.1. The van der Waals surface area contributed by atoms with Crippen molar-refractivity contribution in [2.45, 2.75) is 12.5 Å². The van der Waals surface area contributed by atoms with E-state index in [0.29, 0.717) is 45.2 Å². The maximum atomic E-state index is 13.0. The lowest BCUT2D eigenvalue weighted by molar-refractivity contribution is -0.117. The van der Waals surface area contributed by atoms with Gasteiger partial charge in [0.05, 0.1) is 30.1 Å². The lowest BCUT2D eigenvalue weighted by atomic mass is 10.0. The van der Waals surface area contributed by atoms with Crippen LogP contribution in [-0.2, 0) is 9.53 Å². The van der Waals surface area contributed by atoms with Crippen LogP contribution in [0.15, 0.2) is 65.7 Å². The molecule has 2 aromatic heterocycles. The minimum Gasteiger partial charge on any atom is -0.453 e. The Balaban J connectivity index is 1.56. The van der Waals surface area contributed by atoms with Gasteiger partial charge in [0.1, 0.15) is 6.33 Å². The summed E-state index contributed by atoms with van der Waals surface area (Å²) in [7, 11) is 1.27. The number of nitrogens with zero attached hydrogens (tertiary/aromatic N) is 5.